The highest BCUT2D eigenvalue weighted by molar-refractivity contribution is 5.61. The number of aromatic nitrogens is 3. The van der Waals surface area contributed by atoms with Crippen molar-refractivity contribution in [1.29, 1.82) is 0 Å². The summed E-state index contributed by atoms with van der Waals surface area (Å²) in [5, 5.41) is 16.7. The topological polar surface area (TPSA) is 60.2 Å². The summed E-state index contributed by atoms with van der Waals surface area (Å²) < 4.78 is 45.6. The van der Waals surface area contributed by atoms with Gasteiger partial charge in [0.25, 0.3) is 0 Å². The summed E-state index contributed by atoms with van der Waals surface area (Å²) in [5.74, 6) is 0.253. The van der Waals surface area contributed by atoms with Crippen LogP contribution in [-0.2, 0) is 24.1 Å². The van der Waals surface area contributed by atoms with E-state index in [1.165, 1.54) is 29.9 Å². The van der Waals surface area contributed by atoms with E-state index in [2.05, 4.69) is 10.2 Å². The molecule has 0 spiro atoms. The molecule has 5 nitrogen and oxygen atoms in total. The average Bonchev–Trinajstić information content (AvgIpc) is 2.86. The highest BCUT2D eigenvalue weighted by Crippen LogP contribution is 2.36. The monoisotopic (exact) mass is 301 g/mol. The molecule has 0 saturated heterocycles. The Balaban J connectivity index is 2.54. The molecule has 0 amide bonds. The third-order valence-corrected chi connectivity index (χ3v) is 2.96. The lowest BCUT2D eigenvalue weighted by Gasteiger charge is -2.14. The molecule has 1 N–H and O–H groups in total. The average molecular weight is 301 g/mol. The molecule has 0 aliphatic carbocycles. The van der Waals surface area contributed by atoms with E-state index in [-0.39, 0.29) is 30.4 Å². The van der Waals surface area contributed by atoms with Crippen molar-refractivity contribution < 1.29 is 23.0 Å². The summed E-state index contributed by atoms with van der Waals surface area (Å²) in [4.78, 5) is 0. The lowest BCUT2D eigenvalue weighted by atomic mass is 10.1. The first-order valence-electron chi connectivity index (χ1n) is 6.17. The number of alkyl halides is 3. The maximum Gasteiger partial charge on any atom is 0.417 e. The molecule has 2 aromatic rings. The van der Waals surface area contributed by atoms with Crippen molar-refractivity contribution in [3.05, 3.63) is 35.7 Å². The van der Waals surface area contributed by atoms with Gasteiger partial charge in [-0.25, -0.2) is 0 Å². The van der Waals surface area contributed by atoms with Gasteiger partial charge >= 0.3 is 6.18 Å². The normalized spacial score (nSPS) is 11.9. The van der Waals surface area contributed by atoms with Crippen LogP contribution >= 0.6 is 0 Å². The number of ether oxygens (including phenoxy) is 1. The van der Waals surface area contributed by atoms with Crippen LogP contribution in [0, 0.1) is 0 Å². The van der Waals surface area contributed by atoms with Gasteiger partial charge in [-0.15, -0.1) is 10.2 Å². The fourth-order valence-electron chi connectivity index (χ4n) is 1.99. The first-order chi connectivity index (χ1) is 9.99. The number of nitrogens with zero attached hydrogens (tertiary/aromatic N) is 3. The molecule has 0 atom stereocenters. The van der Waals surface area contributed by atoms with Crippen molar-refractivity contribution in [3.63, 3.8) is 0 Å². The molecule has 8 heteroatoms. The zero-order valence-electron chi connectivity index (χ0n) is 11.3. The van der Waals surface area contributed by atoms with Crippen LogP contribution in [0.5, 0.6) is 0 Å². The van der Waals surface area contributed by atoms with Gasteiger partial charge in [-0.1, -0.05) is 18.2 Å². The minimum atomic E-state index is -4.49. The molecule has 0 aliphatic rings. The molecule has 21 heavy (non-hydrogen) atoms. The predicted octanol–water partition coefficient (Wildman–Crippen LogP) is 2.10. The summed E-state index contributed by atoms with van der Waals surface area (Å²) in [6.07, 6.45) is -4.49. The van der Waals surface area contributed by atoms with Crippen molar-refractivity contribution >= 4 is 0 Å². The van der Waals surface area contributed by atoms with Gasteiger partial charge in [0.1, 0.15) is 6.61 Å². The van der Waals surface area contributed by atoms with Crippen molar-refractivity contribution in [2.75, 3.05) is 13.7 Å². The second kappa shape index (κ2) is 6.23. The molecule has 0 radical (unpaired) electrons. The molecule has 1 aromatic heterocycles. The zero-order valence-corrected chi connectivity index (χ0v) is 11.3. The molecule has 1 heterocycles. The minimum Gasteiger partial charge on any atom is -0.388 e. The van der Waals surface area contributed by atoms with Gasteiger partial charge in [-0.2, -0.15) is 13.2 Å². The highest BCUT2D eigenvalue weighted by atomic mass is 19.4. The number of benzene rings is 1. The Morgan fingerprint density at radius 2 is 1.95 bits per heavy atom. The summed E-state index contributed by atoms with van der Waals surface area (Å²) >= 11 is 0. The molecular formula is C13H14F3N3O2. The molecule has 1 aromatic carbocycles. The van der Waals surface area contributed by atoms with Crippen molar-refractivity contribution in [1.82, 2.24) is 14.8 Å². The Hall–Kier alpha value is -1.93. The van der Waals surface area contributed by atoms with E-state index in [0.717, 1.165) is 6.07 Å². The van der Waals surface area contributed by atoms with E-state index in [1.807, 2.05) is 0 Å². The van der Waals surface area contributed by atoms with Crippen LogP contribution in [0.1, 0.15) is 11.4 Å². The van der Waals surface area contributed by atoms with Crippen LogP contribution < -0.4 is 0 Å². The zero-order chi connectivity index (χ0) is 15.5. The van der Waals surface area contributed by atoms with E-state index in [4.69, 9.17) is 4.74 Å². The molecule has 2 rings (SSSR count). The van der Waals surface area contributed by atoms with Gasteiger partial charge in [-0.3, -0.25) is 0 Å². The lowest BCUT2D eigenvalue weighted by molar-refractivity contribution is -0.137. The van der Waals surface area contributed by atoms with Gasteiger partial charge in [0.15, 0.2) is 11.6 Å². The lowest BCUT2D eigenvalue weighted by Crippen LogP contribution is -2.13. The van der Waals surface area contributed by atoms with Gasteiger partial charge in [0.05, 0.1) is 12.2 Å². The number of aliphatic hydroxyl groups excluding tert-OH is 1. The molecule has 0 unspecified atom stereocenters. The second-order valence-corrected chi connectivity index (χ2v) is 4.29. The summed E-state index contributed by atoms with van der Waals surface area (Å²) in [5.41, 5.74) is -0.867. The Kier molecular flexibility index (Phi) is 4.59. The van der Waals surface area contributed by atoms with Crippen molar-refractivity contribution in [3.8, 4) is 11.4 Å². The fraction of sp³-hybridized carbons (Fsp3) is 0.385. The van der Waals surface area contributed by atoms with E-state index in [9.17, 15) is 18.3 Å². The largest absolute Gasteiger partial charge is 0.417 e. The van der Waals surface area contributed by atoms with Gasteiger partial charge in [0.2, 0.25) is 0 Å². The van der Waals surface area contributed by atoms with Gasteiger partial charge in [-0.05, 0) is 6.07 Å². The Morgan fingerprint density at radius 1 is 1.24 bits per heavy atom. The maximum atomic E-state index is 13.1. The third kappa shape index (κ3) is 3.22. The fourth-order valence-corrected chi connectivity index (χ4v) is 1.99. The van der Waals surface area contributed by atoms with Gasteiger partial charge in [0, 0.05) is 19.2 Å². The molecule has 0 bridgehead atoms. The quantitative estimate of drug-likeness (QED) is 0.919. The van der Waals surface area contributed by atoms with Gasteiger partial charge < -0.3 is 14.4 Å². The van der Waals surface area contributed by atoms with E-state index >= 15 is 0 Å². The summed E-state index contributed by atoms with van der Waals surface area (Å²) in [7, 11) is 1.48. The van der Waals surface area contributed by atoms with Crippen molar-refractivity contribution in [2.24, 2.45) is 0 Å². The SMILES string of the molecule is COCCn1c(CO)nnc1-c1ccccc1C(F)(F)F. The Morgan fingerprint density at radius 3 is 2.57 bits per heavy atom. The number of hydrogen-bond donors (Lipinski definition) is 1. The highest BCUT2D eigenvalue weighted by Gasteiger charge is 2.34. The van der Waals surface area contributed by atoms with E-state index in [0.29, 0.717) is 0 Å². The van der Waals surface area contributed by atoms with E-state index < -0.39 is 18.3 Å². The number of hydrogen-bond acceptors (Lipinski definition) is 4. The van der Waals surface area contributed by atoms with Crippen LogP contribution in [0.3, 0.4) is 0 Å². The van der Waals surface area contributed by atoms with Crippen LogP contribution in [0.4, 0.5) is 13.2 Å². The smallest absolute Gasteiger partial charge is 0.388 e. The summed E-state index contributed by atoms with van der Waals surface area (Å²) in [6, 6.07) is 5.13. The molecule has 0 aliphatic heterocycles. The number of rotatable bonds is 5. The van der Waals surface area contributed by atoms with Crippen molar-refractivity contribution in [2.45, 2.75) is 19.3 Å². The predicted molar refractivity (Wildman–Crippen MR) is 68.3 cm³/mol. The minimum absolute atomic E-state index is 0.0593. The third-order valence-electron chi connectivity index (χ3n) is 2.96. The summed E-state index contributed by atoms with van der Waals surface area (Å²) in [6.45, 7) is 0.109. The number of halogens is 3. The van der Waals surface area contributed by atoms with Crippen LogP contribution in [0.25, 0.3) is 11.4 Å². The number of aliphatic hydroxyl groups is 1. The van der Waals surface area contributed by atoms with Crippen LogP contribution in [0.2, 0.25) is 0 Å². The maximum absolute atomic E-state index is 13.1. The molecule has 0 fully saturated rings. The Bertz CT molecular complexity index is 611. The Labute approximate surface area is 119 Å². The second-order valence-electron chi connectivity index (χ2n) is 4.29. The molecule has 114 valence electrons. The van der Waals surface area contributed by atoms with Crippen LogP contribution in [-0.4, -0.2) is 33.6 Å². The van der Waals surface area contributed by atoms with Crippen LogP contribution in [0.15, 0.2) is 24.3 Å². The number of methoxy groups -OCH3 is 1. The van der Waals surface area contributed by atoms with E-state index in [1.54, 1.807) is 0 Å². The standard InChI is InChI=1S/C13H14F3N3O2/c1-21-7-6-19-11(8-20)17-18-12(19)9-4-2-3-5-10(9)13(14,15)16/h2-5,20H,6-8H2,1H3. The molecule has 0 saturated carbocycles. The first-order valence-corrected chi connectivity index (χ1v) is 6.17. The molecular weight excluding hydrogens is 287 g/mol. The first kappa shape index (κ1) is 15.5.